The van der Waals surface area contributed by atoms with Crippen LogP contribution in [0, 0.1) is 0 Å². The highest BCUT2D eigenvalue weighted by Gasteiger charge is 2.26. The minimum atomic E-state index is -3.82. The van der Waals surface area contributed by atoms with Gasteiger partial charge in [-0.2, -0.15) is 16.5 Å². The summed E-state index contributed by atoms with van der Waals surface area (Å²) in [4.78, 5) is 17.2. The first-order valence-electron chi connectivity index (χ1n) is 9.22. The highest BCUT2D eigenvalue weighted by atomic mass is 32.2. The van der Waals surface area contributed by atoms with E-state index in [0.717, 1.165) is 10.6 Å². The van der Waals surface area contributed by atoms with E-state index in [4.69, 9.17) is 4.74 Å². The molecule has 2 aromatic carbocycles. The molecular weight excluding hydrogens is 440 g/mol. The molecule has 158 valence electrons. The average Bonchev–Trinajstić information content (AvgIpc) is 3.25. The van der Waals surface area contributed by atoms with Crippen LogP contribution < -0.4 is 4.72 Å². The molecule has 0 fully saturated rings. The zero-order valence-corrected chi connectivity index (χ0v) is 18.8. The van der Waals surface area contributed by atoms with Gasteiger partial charge in [-0.3, -0.25) is 4.79 Å². The van der Waals surface area contributed by atoms with Gasteiger partial charge in [-0.15, -0.1) is 11.3 Å². The Kier molecular flexibility index (Phi) is 8.03. The maximum absolute atomic E-state index is 12.6. The number of nitrogens with zero attached hydrogens (tertiary/aromatic N) is 1. The van der Waals surface area contributed by atoms with E-state index in [1.54, 1.807) is 18.2 Å². The number of thioether (sulfide) groups is 1. The minimum absolute atomic E-state index is 0.00893. The zero-order chi connectivity index (χ0) is 21.4. The van der Waals surface area contributed by atoms with Crippen molar-refractivity contribution in [2.75, 3.05) is 12.0 Å². The fraction of sp³-hybridized carbons (Fsp3) is 0.238. The van der Waals surface area contributed by atoms with E-state index < -0.39 is 22.0 Å². The molecule has 0 radical (unpaired) electrons. The number of sulfonamides is 1. The van der Waals surface area contributed by atoms with E-state index in [2.05, 4.69) is 9.71 Å². The number of aromatic nitrogens is 1. The number of benzene rings is 2. The maximum atomic E-state index is 12.6. The van der Waals surface area contributed by atoms with Gasteiger partial charge >= 0.3 is 5.97 Å². The van der Waals surface area contributed by atoms with E-state index >= 15 is 0 Å². The Hall–Kier alpha value is -2.20. The van der Waals surface area contributed by atoms with Gasteiger partial charge < -0.3 is 4.74 Å². The van der Waals surface area contributed by atoms with Crippen LogP contribution in [0.4, 0.5) is 0 Å². The second-order valence-corrected chi connectivity index (χ2v) is 9.94. The smallest absolute Gasteiger partial charge is 0.324 e. The molecule has 6 nitrogen and oxygen atoms in total. The fourth-order valence-electron chi connectivity index (χ4n) is 2.65. The van der Waals surface area contributed by atoms with E-state index in [1.807, 2.05) is 42.0 Å². The SMILES string of the molecule is CSCC[C@@H](NS(=O)(=O)c1ccccc1)C(=O)OCc1csc(-c2ccccc2)n1. The molecule has 3 aromatic rings. The quantitative estimate of drug-likeness (QED) is 0.459. The lowest BCUT2D eigenvalue weighted by Gasteiger charge is -2.17. The predicted octanol–water partition coefficient (Wildman–Crippen LogP) is 3.95. The standard InChI is InChI=1S/C21H22N2O4S3/c1-28-13-12-19(23-30(25,26)18-10-6-3-7-11-18)21(24)27-14-17-15-29-20(22-17)16-8-4-2-5-9-16/h2-11,15,19,23H,12-14H2,1H3/t19-/m1/s1. The van der Waals surface area contributed by atoms with Crippen molar-refractivity contribution in [3.63, 3.8) is 0 Å². The molecule has 0 unspecified atom stereocenters. The first kappa shape index (κ1) is 22.5. The number of hydrogen-bond donors (Lipinski definition) is 1. The molecular formula is C21H22N2O4S3. The molecule has 0 spiro atoms. The summed E-state index contributed by atoms with van der Waals surface area (Å²) in [7, 11) is -3.82. The van der Waals surface area contributed by atoms with Crippen LogP contribution in [0.1, 0.15) is 12.1 Å². The van der Waals surface area contributed by atoms with Gasteiger partial charge in [0.05, 0.1) is 10.6 Å². The minimum Gasteiger partial charge on any atom is -0.458 e. The molecule has 1 N–H and O–H groups in total. The van der Waals surface area contributed by atoms with Gasteiger partial charge in [0.15, 0.2) is 0 Å². The summed E-state index contributed by atoms with van der Waals surface area (Å²) >= 11 is 3.00. The van der Waals surface area contributed by atoms with Crippen LogP contribution in [0.25, 0.3) is 10.6 Å². The first-order valence-corrected chi connectivity index (χ1v) is 13.0. The predicted molar refractivity (Wildman–Crippen MR) is 121 cm³/mol. The van der Waals surface area contributed by atoms with Crippen LogP contribution in [0.2, 0.25) is 0 Å². The van der Waals surface area contributed by atoms with Crippen LogP contribution in [-0.4, -0.2) is 37.4 Å². The van der Waals surface area contributed by atoms with E-state index in [9.17, 15) is 13.2 Å². The second-order valence-electron chi connectivity index (χ2n) is 6.39. The lowest BCUT2D eigenvalue weighted by atomic mass is 10.2. The van der Waals surface area contributed by atoms with Crippen LogP contribution in [0.15, 0.2) is 70.9 Å². The Morgan fingerprint density at radius 2 is 1.80 bits per heavy atom. The van der Waals surface area contributed by atoms with Crippen molar-refractivity contribution in [3.8, 4) is 10.6 Å². The molecule has 3 rings (SSSR count). The summed E-state index contributed by atoms with van der Waals surface area (Å²) in [5.74, 6) is 0.00386. The van der Waals surface area contributed by atoms with Crippen molar-refractivity contribution < 1.29 is 17.9 Å². The third-order valence-electron chi connectivity index (χ3n) is 4.18. The molecule has 0 aliphatic carbocycles. The fourth-order valence-corrected chi connectivity index (χ4v) is 5.17. The molecule has 1 aromatic heterocycles. The van der Waals surface area contributed by atoms with Crippen molar-refractivity contribution >= 4 is 39.1 Å². The van der Waals surface area contributed by atoms with Crippen molar-refractivity contribution in [3.05, 3.63) is 71.7 Å². The van der Waals surface area contributed by atoms with Gasteiger partial charge in [-0.25, -0.2) is 13.4 Å². The molecule has 0 amide bonds. The third kappa shape index (κ3) is 6.15. The van der Waals surface area contributed by atoms with Crippen LogP contribution in [0.3, 0.4) is 0 Å². The van der Waals surface area contributed by atoms with E-state index in [-0.39, 0.29) is 11.5 Å². The summed E-state index contributed by atoms with van der Waals surface area (Å²) in [6.45, 7) is -0.00893. The largest absolute Gasteiger partial charge is 0.458 e. The number of thiazole rings is 1. The molecule has 1 atom stereocenters. The van der Waals surface area contributed by atoms with Gasteiger partial charge in [0.25, 0.3) is 0 Å². The number of carbonyl (C=O) groups is 1. The number of rotatable bonds is 10. The molecule has 0 bridgehead atoms. The Morgan fingerprint density at radius 3 is 2.47 bits per heavy atom. The molecule has 0 aliphatic heterocycles. The summed E-state index contributed by atoms with van der Waals surface area (Å²) in [5, 5.41) is 2.67. The van der Waals surface area contributed by atoms with E-state index in [1.165, 1.54) is 35.2 Å². The van der Waals surface area contributed by atoms with Crippen molar-refractivity contribution in [2.24, 2.45) is 0 Å². The van der Waals surface area contributed by atoms with Crippen LogP contribution in [0.5, 0.6) is 0 Å². The average molecular weight is 463 g/mol. The molecule has 0 saturated heterocycles. The summed E-state index contributed by atoms with van der Waals surface area (Å²) in [6.07, 6.45) is 2.23. The summed E-state index contributed by atoms with van der Waals surface area (Å²) < 4.78 is 33.1. The van der Waals surface area contributed by atoms with Crippen molar-refractivity contribution in [1.29, 1.82) is 0 Å². The second kappa shape index (κ2) is 10.7. The first-order chi connectivity index (χ1) is 14.5. The number of hydrogen-bond acceptors (Lipinski definition) is 7. The van der Waals surface area contributed by atoms with Gasteiger partial charge in [-0.05, 0) is 30.6 Å². The van der Waals surface area contributed by atoms with Gasteiger partial charge in [0.1, 0.15) is 17.7 Å². The molecule has 1 heterocycles. The maximum Gasteiger partial charge on any atom is 0.324 e. The Labute approximate surface area is 184 Å². The van der Waals surface area contributed by atoms with Crippen molar-refractivity contribution in [2.45, 2.75) is 24.0 Å². The van der Waals surface area contributed by atoms with Gasteiger partial charge in [0.2, 0.25) is 10.0 Å². The van der Waals surface area contributed by atoms with Gasteiger partial charge in [-0.1, -0.05) is 48.5 Å². The molecule has 9 heteroatoms. The topological polar surface area (TPSA) is 85.4 Å². The zero-order valence-electron chi connectivity index (χ0n) is 16.4. The number of carbonyl (C=O) groups excluding carboxylic acids is 1. The van der Waals surface area contributed by atoms with Crippen molar-refractivity contribution in [1.82, 2.24) is 9.71 Å². The van der Waals surface area contributed by atoms with E-state index in [0.29, 0.717) is 17.9 Å². The molecule has 30 heavy (non-hydrogen) atoms. The summed E-state index contributed by atoms with van der Waals surface area (Å²) in [6, 6.07) is 16.7. The highest BCUT2D eigenvalue weighted by molar-refractivity contribution is 7.98. The summed E-state index contributed by atoms with van der Waals surface area (Å²) in [5.41, 5.74) is 1.62. The molecule has 0 aliphatic rings. The monoisotopic (exact) mass is 462 g/mol. The Balaban J connectivity index is 1.65. The number of esters is 1. The van der Waals surface area contributed by atoms with Crippen LogP contribution in [-0.2, 0) is 26.2 Å². The number of ether oxygens (including phenoxy) is 1. The third-order valence-corrected chi connectivity index (χ3v) is 7.25. The Bertz CT molecular complexity index is 1050. The lowest BCUT2D eigenvalue weighted by Crippen LogP contribution is -2.42. The highest BCUT2D eigenvalue weighted by Crippen LogP contribution is 2.23. The lowest BCUT2D eigenvalue weighted by molar-refractivity contribution is -0.147. The number of nitrogens with one attached hydrogen (secondary N) is 1. The Morgan fingerprint density at radius 1 is 1.13 bits per heavy atom. The normalized spacial score (nSPS) is 12.4. The van der Waals surface area contributed by atoms with Crippen LogP contribution >= 0.6 is 23.1 Å². The van der Waals surface area contributed by atoms with Gasteiger partial charge in [0, 0.05) is 10.9 Å². The molecule has 0 saturated carbocycles.